The van der Waals surface area contributed by atoms with Crippen molar-refractivity contribution < 1.29 is 9.47 Å². The van der Waals surface area contributed by atoms with E-state index in [2.05, 4.69) is 114 Å². The molecule has 0 bridgehead atoms. The third-order valence-electron chi connectivity index (χ3n) is 8.18. The first-order chi connectivity index (χ1) is 19.7. The van der Waals surface area contributed by atoms with Crippen molar-refractivity contribution in [1.29, 1.82) is 0 Å². The van der Waals surface area contributed by atoms with Crippen LogP contribution in [-0.4, -0.2) is 19.1 Å². The van der Waals surface area contributed by atoms with E-state index in [0.717, 1.165) is 24.6 Å². The van der Waals surface area contributed by atoms with Gasteiger partial charge in [-0.1, -0.05) is 84.4 Å². The molecule has 1 unspecified atom stereocenters. The molecule has 0 N–H and O–H groups in total. The smallest absolute Gasteiger partial charge is 0.161 e. The van der Waals surface area contributed by atoms with Crippen LogP contribution in [0.4, 0.5) is 0 Å². The molecule has 0 amide bonds. The van der Waals surface area contributed by atoms with Gasteiger partial charge in [0.15, 0.2) is 11.5 Å². The van der Waals surface area contributed by atoms with Crippen molar-refractivity contribution in [1.82, 2.24) is 4.90 Å². The Bertz CT molecular complexity index is 1730. The molecule has 1 aromatic heterocycles. The van der Waals surface area contributed by atoms with Gasteiger partial charge in [-0.3, -0.25) is 4.90 Å². The van der Waals surface area contributed by atoms with E-state index in [1.165, 1.54) is 60.5 Å². The zero-order valence-corrected chi connectivity index (χ0v) is 23.8. The van der Waals surface area contributed by atoms with Crippen LogP contribution >= 0.6 is 11.3 Å². The summed E-state index contributed by atoms with van der Waals surface area (Å²) in [6.45, 7) is 3.80. The number of nitrogens with zero attached hydrogens (tertiary/aromatic N) is 1. The van der Waals surface area contributed by atoms with Gasteiger partial charge in [-0.05, 0) is 69.5 Å². The SMILES string of the molecule is COc1cc2c(cc1OC)/C(=C1/c3ccccc3-c3ccsc31)C(c1ccc(C)cc1)N(Cc1ccccc1)C2. The van der Waals surface area contributed by atoms with Gasteiger partial charge in [-0.2, -0.15) is 0 Å². The monoisotopic (exact) mass is 541 g/mol. The molecule has 4 heteroatoms. The molecule has 40 heavy (non-hydrogen) atoms. The molecule has 0 saturated heterocycles. The highest BCUT2D eigenvalue weighted by atomic mass is 32.1. The summed E-state index contributed by atoms with van der Waals surface area (Å²) in [4.78, 5) is 3.96. The fourth-order valence-electron chi connectivity index (χ4n) is 6.35. The summed E-state index contributed by atoms with van der Waals surface area (Å²) >= 11 is 1.84. The van der Waals surface area contributed by atoms with Crippen LogP contribution < -0.4 is 9.47 Å². The van der Waals surface area contributed by atoms with Crippen LogP contribution in [0.1, 0.15) is 44.3 Å². The first kappa shape index (κ1) is 24.9. The second-order valence-corrected chi connectivity index (χ2v) is 11.5. The van der Waals surface area contributed by atoms with Gasteiger partial charge in [0.05, 0.1) is 20.3 Å². The van der Waals surface area contributed by atoms with Crippen LogP contribution in [0.25, 0.3) is 22.3 Å². The predicted octanol–water partition coefficient (Wildman–Crippen LogP) is 8.77. The zero-order valence-electron chi connectivity index (χ0n) is 23.0. The van der Waals surface area contributed by atoms with E-state index < -0.39 is 0 Å². The van der Waals surface area contributed by atoms with Crippen LogP contribution in [0.3, 0.4) is 0 Å². The van der Waals surface area contributed by atoms with E-state index in [-0.39, 0.29) is 6.04 Å². The Hall–Kier alpha value is -4.12. The third kappa shape index (κ3) is 4.07. The number of benzene rings is 4. The van der Waals surface area contributed by atoms with Gasteiger partial charge < -0.3 is 9.47 Å². The highest BCUT2D eigenvalue weighted by Gasteiger charge is 2.38. The zero-order chi connectivity index (χ0) is 27.2. The third-order valence-corrected chi connectivity index (χ3v) is 9.11. The number of hydrogen-bond donors (Lipinski definition) is 0. The predicted molar refractivity (Wildman–Crippen MR) is 165 cm³/mol. The Labute approximate surface area is 240 Å². The highest BCUT2D eigenvalue weighted by molar-refractivity contribution is 7.12. The van der Waals surface area contributed by atoms with Gasteiger partial charge in [0.1, 0.15) is 0 Å². The first-order valence-electron chi connectivity index (χ1n) is 13.7. The molecular weight excluding hydrogens is 510 g/mol. The van der Waals surface area contributed by atoms with Crippen LogP contribution in [0.15, 0.2) is 102 Å². The van der Waals surface area contributed by atoms with Crippen LogP contribution in [0.2, 0.25) is 0 Å². The van der Waals surface area contributed by atoms with Crippen molar-refractivity contribution in [2.45, 2.75) is 26.1 Å². The quantitative estimate of drug-likeness (QED) is 0.218. The van der Waals surface area contributed by atoms with Crippen molar-refractivity contribution in [2.75, 3.05) is 14.2 Å². The minimum atomic E-state index is 0.0579. The fraction of sp³-hybridized carbons (Fsp3) is 0.167. The van der Waals surface area contributed by atoms with Crippen molar-refractivity contribution in [3.8, 4) is 22.6 Å². The lowest BCUT2D eigenvalue weighted by molar-refractivity contribution is 0.210. The molecule has 4 aromatic carbocycles. The Kier molecular flexibility index (Phi) is 6.30. The first-order valence-corrected chi connectivity index (χ1v) is 14.6. The van der Waals surface area contributed by atoms with Crippen LogP contribution in [0.5, 0.6) is 11.5 Å². The minimum absolute atomic E-state index is 0.0579. The van der Waals surface area contributed by atoms with Gasteiger partial charge >= 0.3 is 0 Å². The maximum absolute atomic E-state index is 5.86. The van der Waals surface area contributed by atoms with E-state index in [9.17, 15) is 0 Å². The lowest BCUT2D eigenvalue weighted by atomic mass is 9.80. The Morgan fingerprint density at radius 2 is 1.45 bits per heavy atom. The maximum Gasteiger partial charge on any atom is 0.161 e. The maximum atomic E-state index is 5.86. The summed E-state index contributed by atoms with van der Waals surface area (Å²) in [5.41, 5.74) is 13.0. The molecule has 1 aliphatic carbocycles. The van der Waals surface area contributed by atoms with E-state index in [1.54, 1.807) is 14.2 Å². The Morgan fingerprint density at radius 3 is 2.20 bits per heavy atom. The molecule has 2 heterocycles. The molecule has 3 nitrogen and oxygen atoms in total. The molecule has 7 rings (SSSR count). The second-order valence-electron chi connectivity index (χ2n) is 10.6. The molecule has 2 aliphatic rings. The van der Waals surface area contributed by atoms with Crippen molar-refractivity contribution in [3.63, 3.8) is 0 Å². The van der Waals surface area contributed by atoms with Gasteiger partial charge in [0.2, 0.25) is 0 Å². The van der Waals surface area contributed by atoms with Gasteiger partial charge in [0.25, 0.3) is 0 Å². The van der Waals surface area contributed by atoms with E-state index in [4.69, 9.17) is 9.47 Å². The molecule has 0 radical (unpaired) electrons. The number of methoxy groups -OCH3 is 2. The number of aryl methyl sites for hydroxylation is 1. The van der Waals surface area contributed by atoms with Crippen LogP contribution in [0, 0.1) is 6.92 Å². The topological polar surface area (TPSA) is 21.7 Å². The molecular formula is C36H31NO2S. The Balaban J connectivity index is 1.56. The molecule has 0 saturated carbocycles. The second kappa shape index (κ2) is 10.1. The number of rotatable bonds is 5. The fourth-order valence-corrected chi connectivity index (χ4v) is 7.33. The van der Waals surface area contributed by atoms with Crippen molar-refractivity contribution >= 4 is 22.5 Å². The summed E-state index contributed by atoms with van der Waals surface area (Å²) in [6, 6.07) is 35.5. The molecule has 198 valence electrons. The Morgan fingerprint density at radius 1 is 0.750 bits per heavy atom. The molecule has 0 fully saturated rings. The summed E-state index contributed by atoms with van der Waals surface area (Å²) < 4.78 is 11.6. The van der Waals surface area contributed by atoms with E-state index >= 15 is 0 Å². The normalized spacial score (nSPS) is 17.7. The summed E-state index contributed by atoms with van der Waals surface area (Å²) in [5.74, 6) is 1.53. The van der Waals surface area contributed by atoms with E-state index in [1.807, 2.05) is 11.3 Å². The average molecular weight is 542 g/mol. The number of thiophene rings is 1. The summed E-state index contributed by atoms with van der Waals surface area (Å²) in [6.07, 6.45) is 0. The van der Waals surface area contributed by atoms with Crippen molar-refractivity contribution in [2.24, 2.45) is 0 Å². The molecule has 5 aromatic rings. The minimum Gasteiger partial charge on any atom is -0.493 e. The largest absolute Gasteiger partial charge is 0.493 e. The lowest BCUT2D eigenvalue weighted by Crippen LogP contribution is -2.33. The van der Waals surface area contributed by atoms with Crippen LogP contribution in [-0.2, 0) is 13.1 Å². The number of fused-ring (bicyclic) bond motifs is 4. The molecule has 1 aliphatic heterocycles. The highest BCUT2D eigenvalue weighted by Crippen LogP contribution is 2.56. The molecule has 1 atom stereocenters. The molecule has 0 spiro atoms. The summed E-state index contributed by atoms with van der Waals surface area (Å²) in [7, 11) is 3.44. The number of hydrogen-bond acceptors (Lipinski definition) is 4. The summed E-state index contributed by atoms with van der Waals surface area (Å²) in [5, 5.41) is 2.22. The number of ether oxygens (including phenoxy) is 2. The lowest BCUT2D eigenvalue weighted by Gasteiger charge is -2.41. The van der Waals surface area contributed by atoms with Gasteiger partial charge in [-0.25, -0.2) is 0 Å². The average Bonchev–Trinajstić information content (AvgIpc) is 3.58. The van der Waals surface area contributed by atoms with Gasteiger partial charge in [0, 0.05) is 29.1 Å². The van der Waals surface area contributed by atoms with E-state index in [0.29, 0.717) is 0 Å². The van der Waals surface area contributed by atoms with Gasteiger partial charge in [-0.15, -0.1) is 11.3 Å². The van der Waals surface area contributed by atoms with Crippen molar-refractivity contribution in [3.05, 3.63) is 141 Å². The standard InChI is InChI=1S/C36H31NO2S/c1-23-13-15-25(16-14-23)35-33(34-28-12-8-7-11-27(28)29-17-18-40-36(29)34)30-20-32(39-3)31(38-2)19-26(30)22-37(35)21-24-9-5-4-6-10-24/h4-20,35H,21-22H2,1-3H3/b34-33+.